The van der Waals surface area contributed by atoms with Gasteiger partial charge in [0.05, 0.1) is 6.61 Å². The molecule has 0 bridgehead atoms. The summed E-state index contributed by atoms with van der Waals surface area (Å²) in [6.45, 7) is 2.84. The van der Waals surface area contributed by atoms with Gasteiger partial charge in [0.2, 0.25) is 0 Å². The zero-order chi connectivity index (χ0) is 11.5. The van der Waals surface area contributed by atoms with Gasteiger partial charge in [0, 0.05) is 19.0 Å². The Morgan fingerprint density at radius 1 is 1.47 bits per heavy atom. The van der Waals surface area contributed by atoms with Crippen LogP contribution in [0.4, 0.5) is 4.79 Å². The first-order chi connectivity index (χ1) is 7.16. The molecule has 2 N–H and O–H groups in total. The number of nitrogens with one attached hydrogen (secondary N) is 1. The van der Waals surface area contributed by atoms with Gasteiger partial charge in [0.25, 0.3) is 0 Å². The lowest BCUT2D eigenvalue weighted by atomic mass is 10.3. The highest BCUT2D eigenvalue weighted by molar-refractivity contribution is 5.79. The number of carbonyl (C=O) groups is 2. The summed E-state index contributed by atoms with van der Waals surface area (Å²) in [5, 5.41) is 10.8. The number of carboxylic acids is 1. The molecule has 0 aliphatic heterocycles. The standard InChI is InChI=1S/C10H17NO4/c1-2-3-7-11-10(14)15-8-5-4-6-9(12)13/h4,6H,2-3,5,7-8H2,1H3,(H,11,14)(H,12,13). The fraction of sp³-hybridized carbons (Fsp3) is 0.600. The first-order valence-electron chi connectivity index (χ1n) is 4.97. The SMILES string of the molecule is CCCCNC(=O)OCCC=CC(=O)O. The van der Waals surface area contributed by atoms with E-state index in [9.17, 15) is 9.59 Å². The second-order valence-corrected chi connectivity index (χ2v) is 2.95. The number of ether oxygens (including phenoxy) is 1. The van der Waals surface area contributed by atoms with Crippen molar-refractivity contribution in [3.8, 4) is 0 Å². The number of hydrogen-bond acceptors (Lipinski definition) is 3. The highest BCUT2D eigenvalue weighted by Crippen LogP contribution is 1.88. The molecule has 0 spiro atoms. The molecule has 0 aromatic carbocycles. The Morgan fingerprint density at radius 3 is 2.80 bits per heavy atom. The molecule has 5 nitrogen and oxygen atoms in total. The molecule has 0 aromatic rings. The van der Waals surface area contributed by atoms with Crippen LogP contribution in [0.3, 0.4) is 0 Å². The molecule has 86 valence electrons. The van der Waals surface area contributed by atoms with E-state index in [1.54, 1.807) is 0 Å². The zero-order valence-electron chi connectivity index (χ0n) is 8.86. The van der Waals surface area contributed by atoms with Crippen LogP contribution in [-0.4, -0.2) is 30.3 Å². The van der Waals surface area contributed by atoms with Crippen molar-refractivity contribution >= 4 is 12.1 Å². The fourth-order valence-electron chi connectivity index (χ4n) is 0.822. The topological polar surface area (TPSA) is 75.6 Å². The summed E-state index contributed by atoms with van der Waals surface area (Å²) in [5.41, 5.74) is 0. The van der Waals surface area contributed by atoms with Crippen molar-refractivity contribution in [3.05, 3.63) is 12.2 Å². The molecule has 0 saturated carbocycles. The average Bonchev–Trinajstić information content (AvgIpc) is 2.17. The van der Waals surface area contributed by atoms with Gasteiger partial charge in [-0.2, -0.15) is 0 Å². The summed E-state index contributed by atoms with van der Waals surface area (Å²) in [6.07, 6.45) is 4.37. The van der Waals surface area contributed by atoms with Gasteiger partial charge < -0.3 is 15.2 Å². The molecular weight excluding hydrogens is 198 g/mol. The summed E-state index contributed by atoms with van der Waals surface area (Å²) in [4.78, 5) is 21.0. The van der Waals surface area contributed by atoms with E-state index in [0.29, 0.717) is 13.0 Å². The first-order valence-corrected chi connectivity index (χ1v) is 4.97. The number of hydrogen-bond donors (Lipinski definition) is 2. The molecular formula is C10H17NO4. The summed E-state index contributed by atoms with van der Waals surface area (Å²) >= 11 is 0. The van der Waals surface area contributed by atoms with Crippen molar-refractivity contribution in [2.24, 2.45) is 0 Å². The predicted octanol–water partition coefficient (Wildman–Crippen LogP) is 1.54. The number of rotatable bonds is 7. The Morgan fingerprint density at radius 2 is 2.20 bits per heavy atom. The number of amides is 1. The number of unbranched alkanes of at least 4 members (excludes halogenated alkanes) is 1. The highest BCUT2D eigenvalue weighted by Gasteiger charge is 1.98. The molecule has 0 radical (unpaired) electrons. The molecule has 0 aliphatic carbocycles. The van der Waals surface area contributed by atoms with Gasteiger partial charge in [0.15, 0.2) is 0 Å². The van der Waals surface area contributed by atoms with Gasteiger partial charge in [-0.25, -0.2) is 9.59 Å². The molecule has 5 heteroatoms. The lowest BCUT2D eigenvalue weighted by Gasteiger charge is -2.04. The quantitative estimate of drug-likeness (QED) is 0.499. The van der Waals surface area contributed by atoms with Crippen LogP contribution in [0.2, 0.25) is 0 Å². The van der Waals surface area contributed by atoms with E-state index in [4.69, 9.17) is 9.84 Å². The Labute approximate surface area is 89.1 Å². The van der Waals surface area contributed by atoms with Crippen molar-refractivity contribution in [2.45, 2.75) is 26.2 Å². The zero-order valence-corrected chi connectivity index (χ0v) is 8.86. The third kappa shape index (κ3) is 10.4. The van der Waals surface area contributed by atoms with Crippen molar-refractivity contribution in [1.29, 1.82) is 0 Å². The van der Waals surface area contributed by atoms with Crippen LogP contribution in [-0.2, 0) is 9.53 Å². The normalized spacial score (nSPS) is 10.2. The van der Waals surface area contributed by atoms with E-state index in [1.807, 2.05) is 6.92 Å². The lowest BCUT2D eigenvalue weighted by molar-refractivity contribution is -0.131. The Balaban J connectivity index is 3.35. The van der Waals surface area contributed by atoms with E-state index in [0.717, 1.165) is 18.9 Å². The van der Waals surface area contributed by atoms with Gasteiger partial charge in [-0.1, -0.05) is 19.4 Å². The van der Waals surface area contributed by atoms with Crippen LogP contribution in [0.25, 0.3) is 0 Å². The van der Waals surface area contributed by atoms with Crippen molar-refractivity contribution in [1.82, 2.24) is 5.32 Å². The van der Waals surface area contributed by atoms with Crippen LogP contribution in [0.1, 0.15) is 26.2 Å². The van der Waals surface area contributed by atoms with E-state index in [1.165, 1.54) is 6.08 Å². The van der Waals surface area contributed by atoms with Gasteiger partial charge in [0.1, 0.15) is 0 Å². The minimum absolute atomic E-state index is 0.196. The van der Waals surface area contributed by atoms with Crippen LogP contribution in [0, 0.1) is 0 Å². The maximum atomic E-state index is 10.9. The van der Waals surface area contributed by atoms with Gasteiger partial charge >= 0.3 is 12.1 Å². The molecule has 1 amide bonds. The largest absolute Gasteiger partial charge is 0.478 e. The maximum absolute atomic E-state index is 10.9. The molecule has 0 atom stereocenters. The van der Waals surface area contributed by atoms with E-state index < -0.39 is 12.1 Å². The Hall–Kier alpha value is -1.52. The second kappa shape index (κ2) is 9.05. The summed E-state index contributed by atoms with van der Waals surface area (Å²) < 4.78 is 4.78. The molecule has 0 rings (SSSR count). The minimum Gasteiger partial charge on any atom is -0.478 e. The molecule has 0 saturated heterocycles. The van der Waals surface area contributed by atoms with Crippen LogP contribution >= 0.6 is 0 Å². The minimum atomic E-state index is -0.998. The molecule has 0 heterocycles. The fourth-order valence-corrected chi connectivity index (χ4v) is 0.822. The third-order valence-corrected chi connectivity index (χ3v) is 1.58. The van der Waals surface area contributed by atoms with Crippen molar-refractivity contribution in [3.63, 3.8) is 0 Å². The van der Waals surface area contributed by atoms with Crippen molar-refractivity contribution in [2.75, 3.05) is 13.2 Å². The predicted molar refractivity (Wildman–Crippen MR) is 55.7 cm³/mol. The van der Waals surface area contributed by atoms with E-state index >= 15 is 0 Å². The molecule has 0 unspecified atom stereocenters. The lowest BCUT2D eigenvalue weighted by Crippen LogP contribution is -2.25. The Kier molecular flexibility index (Phi) is 8.13. The maximum Gasteiger partial charge on any atom is 0.407 e. The smallest absolute Gasteiger partial charge is 0.407 e. The molecule has 0 aromatic heterocycles. The van der Waals surface area contributed by atoms with E-state index in [-0.39, 0.29) is 6.61 Å². The summed E-state index contributed by atoms with van der Waals surface area (Å²) in [7, 11) is 0. The monoisotopic (exact) mass is 215 g/mol. The van der Waals surface area contributed by atoms with Gasteiger partial charge in [-0.05, 0) is 6.42 Å². The van der Waals surface area contributed by atoms with Crippen LogP contribution in [0.15, 0.2) is 12.2 Å². The highest BCUT2D eigenvalue weighted by atomic mass is 16.5. The van der Waals surface area contributed by atoms with Crippen molar-refractivity contribution < 1.29 is 19.4 Å². The van der Waals surface area contributed by atoms with Crippen LogP contribution < -0.4 is 5.32 Å². The third-order valence-electron chi connectivity index (χ3n) is 1.58. The van der Waals surface area contributed by atoms with E-state index in [2.05, 4.69) is 5.32 Å². The molecule has 15 heavy (non-hydrogen) atoms. The first kappa shape index (κ1) is 13.5. The number of alkyl carbamates (subject to hydrolysis) is 1. The molecule has 0 aliphatic rings. The molecule has 0 fully saturated rings. The average molecular weight is 215 g/mol. The summed E-state index contributed by atoms with van der Waals surface area (Å²) in [6, 6.07) is 0. The van der Waals surface area contributed by atoms with Crippen LogP contribution in [0.5, 0.6) is 0 Å². The Bertz CT molecular complexity index is 225. The van der Waals surface area contributed by atoms with Gasteiger partial charge in [-0.3, -0.25) is 0 Å². The number of aliphatic carboxylic acids is 1. The second-order valence-electron chi connectivity index (χ2n) is 2.95. The summed E-state index contributed by atoms with van der Waals surface area (Å²) in [5.74, 6) is -0.998. The number of carbonyl (C=O) groups excluding carboxylic acids is 1. The number of carboxylic acid groups (broad SMARTS) is 1. The van der Waals surface area contributed by atoms with Gasteiger partial charge in [-0.15, -0.1) is 0 Å².